The number of benzene rings is 2. The lowest BCUT2D eigenvalue weighted by molar-refractivity contribution is 0.0597. The second-order valence-electron chi connectivity index (χ2n) is 3.89. The van der Waals surface area contributed by atoms with Gasteiger partial charge in [-0.3, -0.25) is 0 Å². The number of nitrogens with two attached hydrogens (primary N) is 2. The van der Waals surface area contributed by atoms with Gasteiger partial charge in [0.25, 0.3) is 0 Å². The third-order valence-corrected chi connectivity index (χ3v) is 3.71. The molecule has 0 radical (unpaired) electrons. The van der Waals surface area contributed by atoms with E-state index in [0.717, 1.165) is 9.79 Å². The molecule has 0 amide bonds. The quantitative estimate of drug-likeness (QED) is 0.655. The standard InChI is InChI=1S/C14H14N2O2S.2ClH/c1-18-14(17)10-4-2-3-5-12(10)19-13-7-6-9(15)8-11(13)16;;/h2-8H,15-16H2,1H3;2*1H. The molecule has 0 fully saturated rings. The second-order valence-corrected chi connectivity index (χ2v) is 4.97. The molecule has 0 saturated carbocycles. The SMILES string of the molecule is COC(=O)c1ccccc1Sc1ccc(N)cc1N.Cl.Cl. The van der Waals surface area contributed by atoms with Gasteiger partial charge >= 0.3 is 5.97 Å². The molecular formula is C14H16Cl2N2O2S. The average molecular weight is 347 g/mol. The molecule has 2 aromatic carbocycles. The van der Waals surface area contributed by atoms with Crippen molar-refractivity contribution in [1.29, 1.82) is 0 Å². The Morgan fingerprint density at radius 3 is 2.33 bits per heavy atom. The molecule has 21 heavy (non-hydrogen) atoms. The zero-order chi connectivity index (χ0) is 13.8. The largest absolute Gasteiger partial charge is 0.465 e. The summed E-state index contributed by atoms with van der Waals surface area (Å²) in [6.45, 7) is 0. The van der Waals surface area contributed by atoms with Crippen molar-refractivity contribution in [3.05, 3.63) is 48.0 Å². The van der Waals surface area contributed by atoms with Crippen LogP contribution in [0.25, 0.3) is 0 Å². The van der Waals surface area contributed by atoms with Crippen LogP contribution in [0.1, 0.15) is 10.4 Å². The molecule has 4 nitrogen and oxygen atoms in total. The third-order valence-electron chi connectivity index (χ3n) is 2.55. The van der Waals surface area contributed by atoms with E-state index in [1.807, 2.05) is 18.2 Å². The molecule has 114 valence electrons. The highest BCUT2D eigenvalue weighted by atomic mass is 35.5. The van der Waals surface area contributed by atoms with Gasteiger partial charge < -0.3 is 16.2 Å². The smallest absolute Gasteiger partial charge is 0.339 e. The summed E-state index contributed by atoms with van der Waals surface area (Å²) in [4.78, 5) is 13.3. The molecule has 4 N–H and O–H groups in total. The Morgan fingerprint density at radius 1 is 1.05 bits per heavy atom. The first-order chi connectivity index (χ1) is 9.11. The Balaban J connectivity index is 0.00000200. The number of esters is 1. The topological polar surface area (TPSA) is 78.3 Å². The van der Waals surface area contributed by atoms with Gasteiger partial charge in [-0.1, -0.05) is 23.9 Å². The summed E-state index contributed by atoms with van der Waals surface area (Å²) in [7, 11) is 1.36. The number of halogens is 2. The fourth-order valence-electron chi connectivity index (χ4n) is 1.61. The van der Waals surface area contributed by atoms with Crippen molar-refractivity contribution in [2.45, 2.75) is 9.79 Å². The minimum absolute atomic E-state index is 0. The van der Waals surface area contributed by atoms with E-state index in [9.17, 15) is 4.79 Å². The zero-order valence-electron chi connectivity index (χ0n) is 11.2. The van der Waals surface area contributed by atoms with Crippen LogP contribution >= 0.6 is 36.6 Å². The van der Waals surface area contributed by atoms with Crippen molar-refractivity contribution in [3.63, 3.8) is 0 Å². The first kappa shape index (κ1) is 19.4. The molecule has 7 heteroatoms. The molecule has 0 heterocycles. The van der Waals surface area contributed by atoms with E-state index in [0.29, 0.717) is 16.9 Å². The predicted octanol–water partition coefficient (Wildman–Crippen LogP) is 3.63. The number of nitrogen functional groups attached to an aromatic ring is 2. The number of methoxy groups -OCH3 is 1. The first-order valence-electron chi connectivity index (χ1n) is 5.62. The molecule has 0 aliphatic heterocycles. The Hall–Kier alpha value is -1.56. The molecule has 0 aliphatic rings. The van der Waals surface area contributed by atoms with Gasteiger partial charge in [0, 0.05) is 21.2 Å². The maximum Gasteiger partial charge on any atom is 0.339 e. The van der Waals surface area contributed by atoms with Crippen molar-refractivity contribution >= 4 is 53.9 Å². The van der Waals surface area contributed by atoms with Gasteiger partial charge in [0.15, 0.2) is 0 Å². The third kappa shape index (κ3) is 4.74. The molecule has 0 bridgehead atoms. The van der Waals surface area contributed by atoms with E-state index in [1.165, 1.54) is 18.9 Å². The molecule has 0 aromatic heterocycles. The van der Waals surface area contributed by atoms with Crippen molar-refractivity contribution in [3.8, 4) is 0 Å². The number of carbonyl (C=O) groups excluding carboxylic acids is 1. The van der Waals surface area contributed by atoms with Crippen molar-refractivity contribution in [1.82, 2.24) is 0 Å². The van der Waals surface area contributed by atoms with E-state index in [2.05, 4.69) is 0 Å². The van der Waals surface area contributed by atoms with Crippen LogP contribution in [0.2, 0.25) is 0 Å². The van der Waals surface area contributed by atoms with Crippen molar-refractivity contribution in [2.75, 3.05) is 18.6 Å². The van der Waals surface area contributed by atoms with Crippen LogP contribution in [0.15, 0.2) is 52.3 Å². The zero-order valence-corrected chi connectivity index (χ0v) is 13.7. The van der Waals surface area contributed by atoms with Crippen LogP contribution in [0.3, 0.4) is 0 Å². The lowest BCUT2D eigenvalue weighted by atomic mass is 10.2. The fraction of sp³-hybridized carbons (Fsp3) is 0.0714. The minimum atomic E-state index is -0.364. The van der Waals surface area contributed by atoms with Gasteiger partial charge in [-0.15, -0.1) is 24.8 Å². The van der Waals surface area contributed by atoms with Crippen molar-refractivity contribution in [2.24, 2.45) is 0 Å². The van der Waals surface area contributed by atoms with Crippen LogP contribution in [0.4, 0.5) is 11.4 Å². The molecule has 0 saturated heterocycles. The maximum absolute atomic E-state index is 11.7. The fourth-order valence-corrected chi connectivity index (χ4v) is 2.57. The van der Waals surface area contributed by atoms with Gasteiger partial charge in [0.05, 0.1) is 12.7 Å². The van der Waals surface area contributed by atoms with Crippen LogP contribution in [0, 0.1) is 0 Å². The highest BCUT2D eigenvalue weighted by Gasteiger charge is 2.13. The predicted molar refractivity (Wildman–Crippen MR) is 91.7 cm³/mol. The van der Waals surface area contributed by atoms with Gasteiger partial charge in [-0.05, 0) is 30.3 Å². The number of rotatable bonds is 3. The lowest BCUT2D eigenvalue weighted by Crippen LogP contribution is -2.02. The maximum atomic E-state index is 11.7. The number of ether oxygens (including phenoxy) is 1. The van der Waals surface area contributed by atoms with E-state index in [1.54, 1.807) is 24.3 Å². The summed E-state index contributed by atoms with van der Waals surface area (Å²) in [5.41, 5.74) is 13.3. The van der Waals surface area contributed by atoms with E-state index in [4.69, 9.17) is 16.2 Å². The molecule has 0 atom stereocenters. The Bertz CT molecular complexity index is 624. The summed E-state index contributed by atoms with van der Waals surface area (Å²) in [6, 6.07) is 12.5. The molecule has 2 aromatic rings. The van der Waals surface area contributed by atoms with Crippen LogP contribution in [-0.4, -0.2) is 13.1 Å². The minimum Gasteiger partial charge on any atom is -0.465 e. The summed E-state index contributed by atoms with van der Waals surface area (Å²) in [5.74, 6) is -0.364. The Labute approximate surface area is 140 Å². The molecule has 0 aliphatic carbocycles. The summed E-state index contributed by atoms with van der Waals surface area (Å²) < 4.78 is 4.76. The van der Waals surface area contributed by atoms with Gasteiger partial charge in [0.2, 0.25) is 0 Å². The monoisotopic (exact) mass is 346 g/mol. The molecule has 2 rings (SSSR count). The Morgan fingerprint density at radius 2 is 1.71 bits per heavy atom. The van der Waals surface area contributed by atoms with E-state index >= 15 is 0 Å². The van der Waals surface area contributed by atoms with Gasteiger partial charge in [-0.25, -0.2) is 4.79 Å². The van der Waals surface area contributed by atoms with E-state index < -0.39 is 0 Å². The van der Waals surface area contributed by atoms with E-state index in [-0.39, 0.29) is 30.8 Å². The molecule has 0 spiro atoms. The van der Waals surface area contributed by atoms with Crippen LogP contribution < -0.4 is 11.5 Å². The van der Waals surface area contributed by atoms with Crippen LogP contribution in [0.5, 0.6) is 0 Å². The van der Waals surface area contributed by atoms with Crippen molar-refractivity contribution < 1.29 is 9.53 Å². The first-order valence-corrected chi connectivity index (χ1v) is 6.43. The van der Waals surface area contributed by atoms with Gasteiger partial charge in [-0.2, -0.15) is 0 Å². The number of hydrogen-bond donors (Lipinski definition) is 2. The summed E-state index contributed by atoms with van der Waals surface area (Å²) in [5, 5.41) is 0. The summed E-state index contributed by atoms with van der Waals surface area (Å²) >= 11 is 1.41. The normalized spacial score (nSPS) is 9.19. The van der Waals surface area contributed by atoms with Gasteiger partial charge in [0.1, 0.15) is 0 Å². The number of hydrogen-bond acceptors (Lipinski definition) is 5. The molecular weight excluding hydrogens is 331 g/mol. The lowest BCUT2D eigenvalue weighted by Gasteiger charge is -2.09. The highest BCUT2D eigenvalue weighted by molar-refractivity contribution is 7.99. The number of anilines is 2. The number of carbonyl (C=O) groups is 1. The summed E-state index contributed by atoms with van der Waals surface area (Å²) in [6.07, 6.45) is 0. The highest BCUT2D eigenvalue weighted by Crippen LogP contribution is 2.35. The average Bonchev–Trinajstić information content (AvgIpc) is 2.41. The Kier molecular flexibility index (Phi) is 8.02. The second kappa shape index (κ2) is 8.67. The van der Waals surface area contributed by atoms with Crippen LogP contribution in [-0.2, 0) is 4.74 Å². The molecule has 0 unspecified atom stereocenters.